The van der Waals surface area contributed by atoms with Crippen molar-refractivity contribution in [2.75, 3.05) is 0 Å². The molecule has 3 heterocycles. The van der Waals surface area contributed by atoms with Crippen LogP contribution in [0, 0.1) is 0 Å². The summed E-state index contributed by atoms with van der Waals surface area (Å²) in [6, 6.07) is 17.3. The summed E-state index contributed by atoms with van der Waals surface area (Å²) in [4.78, 5) is 29.7. The summed E-state index contributed by atoms with van der Waals surface area (Å²) < 4.78 is 1.31. The lowest BCUT2D eigenvalue weighted by molar-refractivity contribution is 0.440. The minimum Gasteiger partial charge on any atom is -0.494 e. The minimum atomic E-state index is -0.666. The number of thiophene rings is 1. The van der Waals surface area contributed by atoms with E-state index in [2.05, 4.69) is 10.1 Å². The topological polar surface area (TPSA) is 90.9 Å². The van der Waals surface area contributed by atoms with Crippen molar-refractivity contribution in [3.8, 4) is 5.88 Å². The van der Waals surface area contributed by atoms with Crippen LogP contribution in [0.3, 0.4) is 0 Å². The van der Waals surface area contributed by atoms with Crippen LogP contribution in [0.15, 0.2) is 75.6 Å². The van der Waals surface area contributed by atoms with E-state index in [1.54, 1.807) is 24.3 Å². The van der Waals surface area contributed by atoms with Crippen LogP contribution < -0.4 is 11.1 Å². The van der Waals surface area contributed by atoms with Crippen LogP contribution in [0.1, 0.15) is 16.5 Å². The van der Waals surface area contributed by atoms with Gasteiger partial charge in [-0.3, -0.25) is 14.7 Å². The molecule has 0 saturated heterocycles. The first kappa shape index (κ1) is 16.6. The zero-order valence-electron chi connectivity index (χ0n) is 14.5. The number of aromatic hydroxyl groups is 1. The molecule has 0 fully saturated rings. The Labute approximate surface area is 162 Å². The standard InChI is InChI=1S/C21H15N3O3S/c25-19-12-6-1-2-7-13(12)21(27)24(23-19)18(16-10-5-11-28-16)17-14-8-3-4-9-15(14)22-20(17)26/h1-11,18,22,26H,(H,23,25). The van der Waals surface area contributed by atoms with Gasteiger partial charge in [0.05, 0.1) is 16.3 Å². The average Bonchev–Trinajstić information content (AvgIpc) is 3.34. The molecule has 138 valence electrons. The molecule has 6 nitrogen and oxygen atoms in total. The molecule has 2 aromatic carbocycles. The number of aromatic nitrogens is 3. The highest BCUT2D eigenvalue weighted by molar-refractivity contribution is 7.10. The zero-order valence-corrected chi connectivity index (χ0v) is 15.4. The molecule has 0 saturated carbocycles. The highest BCUT2D eigenvalue weighted by atomic mass is 32.1. The summed E-state index contributed by atoms with van der Waals surface area (Å²) in [5.74, 6) is -0.0273. The number of nitrogens with zero attached hydrogens (tertiary/aromatic N) is 1. The number of H-pyrrole nitrogens is 2. The molecule has 3 aromatic heterocycles. The molecule has 0 aliphatic rings. The van der Waals surface area contributed by atoms with Gasteiger partial charge in [-0.2, -0.15) is 0 Å². The highest BCUT2D eigenvalue weighted by Gasteiger charge is 2.27. The molecule has 5 rings (SSSR count). The third-order valence-corrected chi connectivity index (χ3v) is 5.84. The molecule has 3 N–H and O–H groups in total. The van der Waals surface area contributed by atoms with Gasteiger partial charge in [-0.15, -0.1) is 11.3 Å². The molecule has 0 radical (unpaired) electrons. The maximum absolute atomic E-state index is 13.3. The quantitative estimate of drug-likeness (QED) is 0.440. The molecule has 0 bridgehead atoms. The van der Waals surface area contributed by atoms with Crippen LogP contribution >= 0.6 is 11.3 Å². The Hall–Kier alpha value is -3.58. The Morgan fingerprint density at radius 3 is 2.36 bits per heavy atom. The van der Waals surface area contributed by atoms with E-state index in [1.807, 2.05) is 41.8 Å². The lowest BCUT2D eigenvalue weighted by Gasteiger charge is -2.19. The van der Waals surface area contributed by atoms with Crippen LogP contribution in [-0.2, 0) is 0 Å². The second-order valence-electron chi connectivity index (χ2n) is 6.51. The maximum atomic E-state index is 13.3. The molecule has 1 unspecified atom stereocenters. The Kier molecular flexibility index (Phi) is 3.70. The average molecular weight is 389 g/mol. The lowest BCUT2D eigenvalue weighted by atomic mass is 10.0. The van der Waals surface area contributed by atoms with Crippen molar-refractivity contribution >= 4 is 33.0 Å². The predicted octanol–water partition coefficient (Wildman–Crippen LogP) is 3.58. The first-order valence-electron chi connectivity index (χ1n) is 8.71. The van der Waals surface area contributed by atoms with Gasteiger partial charge in [0.15, 0.2) is 5.88 Å². The predicted molar refractivity (Wildman–Crippen MR) is 110 cm³/mol. The zero-order chi connectivity index (χ0) is 19.3. The Balaban J connectivity index is 1.89. The minimum absolute atomic E-state index is 0.0273. The van der Waals surface area contributed by atoms with Gasteiger partial charge < -0.3 is 10.1 Å². The summed E-state index contributed by atoms with van der Waals surface area (Å²) in [7, 11) is 0. The van der Waals surface area contributed by atoms with Crippen molar-refractivity contribution in [3.05, 3.63) is 97.2 Å². The van der Waals surface area contributed by atoms with Crippen LogP contribution in [-0.4, -0.2) is 19.9 Å². The summed E-state index contributed by atoms with van der Waals surface area (Å²) >= 11 is 1.45. The highest BCUT2D eigenvalue weighted by Crippen LogP contribution is 2.38. The van der Waals surface area contributed by atoms with Gasteiger partial charge in [0.25, 0.3) is 11.1 Å². The number of rotatable bonds is 3. The van der Waals surface area contributed by atoms with Crippen molar-refractivity contribution in [2.45, 2.75) is 6.04 Å². The molecule has 28 heavy (non-hydrogen) atoms. The van der Waals surface area contributed by atoms with Gasteiger partial charge in [-0.05, 0) is 29.6 Å². The molecule has 5 aromatic rings. The van der Waals surface area contributed by atoms with E-state index in [9.17, 15) is 14.7 Å². The van der Waals surface area contributed by atoms with Crippen molar-refractivity contribution < 1.29 is 5.11 Å². The molecule has 0 aliphatic carbocycles. The molecular weight excluding hydrogens is 374 g/mol. The fourth-order valence-electron chi connectivity index (χ4n) is 3.67. The van der Waals surface area contributed by atoms with E-state index in [4.69, 9.17) is 0 Å². The van der Waals surface area contributed by atoms with Crippen molar-refractivity contribution in [1.29, 1.82) is 0 Å². The van der Waals surface area contributed by atoms with Crippen LogP contribution in [0.25, 0.3) is 21.7 Å². The lowest BCUT2D eigenvalue weighted by Crippen LogP contribution is -2.33. The monoisotopic (exact) mass is 389 g/mol. The van der Waals surface area contributed by atoms with Crippen molar-refractivity contribution in [3.63, 3.8) is 0 Å². The maximum Gasteiger partial charge on any atom is 0.274 e. The van der Waals surface area contributed by atoms with Gasteiger partial charge in [-0.25, -0.2) is 4.68 Å². The molecule has 0 aliphatic heterocycles. The Morgan fingerprint density at radius 2 is 1.61 bits per heavy atom. The van der Waals surface area contributed by atoms with E-state index >= 15 is 0 Å². The molecule has 0 spiro atoms. The van der Waals surface area contributed by atoms with E-state index in [1.165, 1.54) is 16.0 Å². The van der Waals surface area contributed by atoms with Gasteiger partial charge in [0, 0.05) is 15.8 Å². The SMILES string of the molecule is O=c1[nH]n(C(c2cccs2)c2c(O)[nH]c3ccccc23)c(=O)c2ccccc12. The van der Waals surface area contributed by atoms with Gasteiger partial charge in [0.1, 0.15) is 6.04 Å². The first-order chi connectivity index (χ1) is 13.6. The molecular formula is C21H15N3O3S. The van der Waals surface area contributed by atoms with Crippen molar-refractivity contribution in [1.82, 2.24) is 14.8 Å². The fourth-order valence-corrected chi connectivity index (χ4v) is 4.49. The summed E-state index contributed by atoms with van der Waals surface area (Å²) in [5.41, 5.74) is 0.633. The number of fused-ring (bicyclic) bond motifs is 2. The number of hydrogen-bond donors (Lipinski definition) is 3. The van der Waals surface area contributed by atoms with Crippen LogP contribution in [0.2, 0.25) is 0 Å². The van der Waals surface area contributed by atoms with Crippen LogP contribution in [0.4, 0.5) is 0 Å². The molecule has 1 atom stereocenters. The van der Waals surface area contributed by atoms with Crippen LogP contribution in [0.5, 0.6) is 5.88 Å². The fraction of sp³-hybridized carbons (Fsp3) is 0.0476. The number of hydrogen-bond acceptors (Lipinski definition) is 4. The Morgan fingerprint density at radius 1 is 0.893 bits per heavy atom. The van der Waals surface area contributed by atoms with Gasteiger partial charge in [-0.1, -0.05) is 36.4 Å². The summed E-state index contributed by atoms with van der Waals surface area (Å²) in [6.07, 6.45) is 0. The summed E-state index contributed by atoms with van der Waals surface area (Å²) in [6.45, 7) is 0. The van der Waals surface area contributed by atoms with E-state index in [0.717, 1.165) is 15.8 Å². The number of benzene rings is 2. The van der Waals surface area contributed by atoms with E-state index in [-0.39, 0.29) is 17.0 Å². The normalized spacial score (nSPS) is 12.6. The smallest absolute Gasteiger partial charge is 0.274 e. The van der Waals surface area contributed by atoms with E-state index < -0.39 is 6.04 Å². The largest absolute Gasteiger partial charge is 0.494 e. The molecule has 0 amide bonds. The number of nitrogens with one attached hydrogen (secondary N) is 2. The number of aromatic amines is 2. The van der Waals surface area contributed by atoms with Gasteiger partial charge in [0.2, 0.25) is 0 Å². The first-order valence-corrected chi connectivity index (χ1v) is 9.59. The Bertz CT molecular complexity index is 1430. The van der Waals surface area contributed by atoms with Gasteiger partial charge >= 0.3 is 0 Å². The third-order valence-electron chi connectivity index (χ3n) is 4.91. The second-order valence-corrected chi connectivity index (χ2v) is 7.49. The van der Waals surface area contributed by atoms with E-state index in [0.29, 0.717) is 16.3 Å². The number of para-hydroxylation sites is 1. The molecule has 7 heteroatoms. The van der Waals surface area contributed by atoms with Crippen molar-refractivity contribution in [2.24, 2.45) is 0 Å². The summed E-state index contributed by atoms with van der Waals surface area (Å²) in [5, 5.41) is 16.8. The second kappa shape index (κ2) is 6.24. The third kappa shape index (κ3) is 2.40.